The predicted molar refractivity (Wildman–Crippen MR) is 141 cm³/mol. The van der Waals surface area contributed by atoms with E-state index in [0.717, 1.165) is 29.9 Å². The maximum Gasteiger partial charge on any atom is 0.432 e. The summed E-state index contributed by atoms with van der Waals surface area (Å²) in [7, 11) is -6.78. The Morgan fingerprint density at radius 2 is 1.63 bits per heavy atom. The van der Waals surface area contributed by atoms with Crippen molar-refractivity contribution in [1.82, 2.24) is 0 Å². The van der Waals surface area contributed by atoms with Gasteiger partial charge in [-0.15, -0.1) is 0 Å². The zero-order valence-electron chi connectivity index (χ0n) is 23.1. The van der Waals surface area contributed by atoms with E-state index in [1.807, 2.05) is 0 Å². The molecule has 13 heteroatoms. The molecule has 0 aromatic heterocycles. The SMILES string of the molecule is CC(C)(C)c1ccc([S+]2CCOCC2)c(C2C3CC4CC2CC(C(=O)OC(C(F)(F)F)C(F)(F)S(=O)(=O)[O-])(C4)C3)c1. The third-order valence-corrected chi connectivity index (χ3v) is 12.6. The van der Waals surface area contributed by atoms with Crippen LogP contribution in [0.15, 0.2) is 23.1 Å². The standard InChI is InChI=1S/C28H35F5O6S2/c1-25(2,3)19-4-5-21(40-8-6-38-7-9-40)20(12-19)22-17-10-16-11-18(22)15-26(13-16,14-17)24(34)39-23(27(29,30)31)28(32,33)41(35,36)37/h4-5,12,16-18,22-23H,6-11,13-15H2,1-3H3. The van der Waals surface area contributed by atoms with Gasteiger partial charge in [-0.2, -0.15) is 22.0 Å². The first-order valence-corrected chi connectivity index (χ1v) is 16.8. The Hall–Kier alpha value is -1.44. The number of carbonyl (C=O) groups is 1. The van der Waals surface area contributed by atoms with Gasteiger partial charge < -0.3 is 14.0 Å². The number of hydrogen-bond acceptors (Lipinski definition) is 6. The van der Waals surface area contributed by atoms with Crippen LogP contribution in [0.3, 0.4) is 0 Å². The molecule has 0 amide bonds. The summed E-state index contributed by atoms with van der Waals surface area (Å²) in [5.41, 5.74) is 0.812. The maximum atomic E-state index is 14.2. The molecule has 3 atom stereocenters. The Labute approximate surface area is 239 Å². The monoisotopic (exact) mass is 626 g/mol. The number of esters is 1. The van der Waals surface area contributed by atoms with Gasteiger partial charge in [-0.3, -0.25) is 4.79 Å². The molecule has 0 N–H and O–H groups in total. The van der Waals surface area contributed by atoms with Gasteiger partial charge >= 0.3 is 17.4 Å². The first kappa shape index (κ1) is 31.0. The number of benzene rings is 1. The van der Waals surface area contributed by atoms with Crippen LogP contribution in [0, 0.1) is 23.2 Å². The van der Waals surface area contributed by atoms with E-state index in [2.05, 4.69) is 43.7 Å². The second-order valence-corrected chi connectivity index (χ2v) is 16.8. The number of halogens is 5. The van der Waals surface area contributed by atoms with Gasteiger partial charge in [-0.1, -0.05) is 26.8 Å². The lowest BCUT2D eigenvalue weighted by Gasteiger charge is -2.59. The number of rotatable bonds is 6. The summed E-state index contributed by atoms with van der Waals surface area (Å²) in [6.07, 6.45) is -8.25. The van der Waals surface area contributed by atoms with Gasteiger partial charge in [0.1, 0.15) is 11.5 Å². The molecule has 3 unspecified atom stereocenters. The van der Waals surface area contributed by atoms with Gasteiger partial charge in [-0.25, -0.2) is 8.42 Å². The van der Waals surface area contributed by atoms with E-state index < -0.39 is 39.0 Å². The summed E-state index contributed by atoms with van der Waals surface area (Å²) < 4.78 is 112. The summed E-state index contributed by atoms with van der Waals surface area (Å²) in [4.78, 5) is 14.6. The largest absolute Gasteiger partial charge is 0.743 e. The summed E-state index contributed by atoms with van der Waals surface area (Å²) in [6, 6.07) is 6.59. The van der Waals surface area contributed by atoms with E-state index in [4.69, 9.17) is 4.74 Å². The first-order chi connectivity index (χ1) is 18.8. The van der Waals surface area contributed by atoms with Crippen molar-refractivity contribution in [3.8, 4) is 0 Å². The lowest BCUT2D eigenvalue weighted by atomic mass is 9.45. The highest BCUT2D eigenvalue weighted by molar-refractivity contribution is 7.97. The van der Waals surface area contributed by atoms with Crippen LogP contribution < -0.4 is 0 Å². The van der Waals surface area contributed by atoms with Crippen LogP contribution in [0.25, 0.3) is 0 Å². The van der Waals surface area contributed by atoms with Crippen molar-refractivity contribution < 1.29 is 49.2 Å². The van der Waals surface area contributed by atoms with Crippen LogP contribution >= 0.6 is 0 Å². The zero-order chi connectivity index (χ0) is 30.2. The fraction of sp³-hybridized carbons (Fsp3) is 0.750. The zero-order valence-corrected chi connectivity index (χ0v) is 24.8. The summed E-state index contributed by atoms with van der Waals surface area (Å²) in [5, 5.41) is -5.85. The molecule has 4 bridgehead atoms. The van der Waals surface area contributed by atoms with Crippen molar-refractivity contribution in [2.24, 2.45) is 23.2 Å². The van der Waals surface area contributed by atoms with E-state index in [1.165, 1.54) is 10.5 Å². The molecule has 4 saturated carbocycles. The van der Waals surface area contributed by atoms with Crippen molar-refractivity contribution in [3.63, 3.8) is 0 Å². The van der Waals surface area contributed by atoms with E-state index in [0.29, 0.717) is 13.2 Å². The first-order valence-electron chi connectivity index (χ1n) is 13.8. The second-order valence-electron chi connectivity index (χ2n) is 13.1. The Morgan fingerprint density at radius 3 is 2.15 bits per heavy atom. The number of carbonyl (C=O) groups excluding carboxylic acids is 1. The van der Waals surface area contributed by atoms with Gasteiger partial charge in [0, 0.05) is 16.5 Å². The fourth-order valence-corrected chi connectivity index (χ4v) is 10.3. The highest BCUT2D eigenvalue weighted by Crippen LogP contribution is 2.66. The number of alkyl halides is 5. The average molecular weight is 627 g/mol. The van der Waals surface area contributed by atoms with Crippen LogP contribution in [-0.2, 0) is 40.7 Å². The summed E-state index contributed by atoms with van der Waals surface area (Å²) >= 11 is 0. The lowest BCUT2D eigenvalue weighted by Crippen LogP contribution is -2.57. The molecule has 1 aromatic rings. The van der Waals surface area contributed by atoms with E-state index in [1.54, 1.807) is 0 Å². The van der Waals surface area contributed by atoms with Crippen LogP contribution in [0.5, 0.6) is 0 Å². The normalized spacial score (nSPS) is 31.7. The van der Waals surface area contributed by atoms with Gasteiger partial charge in [0.2, 0.25) is 0 Å². The minimum atomic E-state index is -6.75. The Bertz CT molecular complexity index is 1270. The summed E-state index contributed by atoms with van der Waals surface area (Å²) in [5.74, 6) is 0.250. The quantitative estimate of drug-likeness (QED) is 0.179. The van der Waals surface area contributed by atoms with Crippen LogP contribution in [-0.4, -0.2) is 61.2 Å². The molecule has 1 saturated heterocycles. The van der Waals surface area contributed by atoms with Crippen molar-refractivity contribution in [2.45, 2.75) is 86.6 Å². The maximum absolute atomic E-state index is 14.2. The minimum Gasteiger partial charge on any atom is -0.743 e. The number of ether oxygens (including phenoxy) is 2. The second kappa shape index (κ2) is 10.3. The molecular formula is C28H35F5O6S2. The Kier molecular flexibility index (Phi) is 7.81. The molecule has 1 aromatic carbocycles. The van der Waals surface area contributed by atoms with Gasteiger partial charge in [0.05, 0.1) is 18.6 Å². The highest BCUT2D eigenvalue weighted by Gasteiger charge is 2.66. The van der Waals surface area contributed by atoms with Crippen LogP contribution in [0.1, 0.15) is 69.9 Å². The van der Waals surface area contributed by atoms with Crippen molar-refractivity contribution in [3.05, 3.63) is 29.3 Å². The molecule has 5 aliphatic rings. The lowest BCUT2D eigenvalue weighted by molar-refractivity contribution is -0.266. The summed E-state index contributed by atoms with van der Waals surface area (Å²) in [6.45, 7) is 7.71. The van der Waals surface area contributed by atoms with E-state index in [-0.39, 0.29) is 59.2 Å². The molecule has 230 valence electrons. The van der Waals surface area contributed by atoms with Crippen molar-refractivity contribution in [2.75, 3.05) is 24.7 Å². The molecule has 6 nitrogen and oxygen atoms in total. The molecule has 4 aliphatic carbocycles. The van der Waals surface area contributed by atoms with E-state index >= 15 is 0 Å². The molecular weight excluding hydrogens is 591 g/mol. The number of hydrogen-bond donors (Lipinski definition) is 0. The average Bonchev–Trinajstić information content (AvgIpc) is 2.85. The molecule has 0 radical (unpaired) electrons. The molecule has 1 heterocycles. The van der Waals surface area contributed by atoms with Crippen LogP contribution in [0.4, 0.5) is 22.0 Å². The minimum absolute atomic E-state index is 0.0177. The third kappa shape index (κ3) is 5.64. The van der Waals surface area contributed by atoms with Crippen molar-refractivity contribution in [1.29, 1.82) is 0 Å². The fourth-order valence-electron chi connectivity index (χ4n) is 7.75. The Balaban J connectivity index is 1.48. The molecule has 1 aliphatic heterocycles. The van der Waals surface area contributed by atoms with Crippen molar-refractivity contribution >= 4 is 27.0 Å². The molecule has 5 fully saturated rings. The highest BCUT2D eigenvalue weighted by atomic mass is 32.2. The molecule has 0 spiro atoms. The smallest absolute Gasteiger partial charge is 0.432 e. The van der Waals surface area contributed by atoms with Gasteiger partial charge in [0.25, 0.3) is 6.10 Å². The topological polar surface area (TPSA) is 92.7 Å². The predicted octanol–water partition coefficient (Wildman–Crippen LogP) is 5.51. The van der Waals surface area contributed by atoms with E-state index in [9.17, 15) is 39.7 Å². The molecule has 41 heavy (non-hydrogen) atoms. The van der Waals surface area contributed by atoms with Gasteiger partial charge in [-0.05, 0) is 78.9 Å². The Morgan fingerprint density at radius 1 is 1.05 bits per heavy atom. The molecule has 6 rings (SSSR count). The van der Waals surface area contributed by atoms with Crippen LogP contribution in [0.2, 0.25) is 0 Å². The third-order valence-electron chi connectivity index (χ3n) is 9.36. The van der Waals surface area contributed by atoms with Gasteiger partial charge in [0.15, 0.2) is 15.0 Å².